The Labute approximate surface area is 147 Å². The zero-order valence-electron chi connectivity index (χ0n) is 13.5. The lowest BCUT2D eigenvalue weighted by molar-refractivity contribution is 0.182. The second-order valence-corrected chi connectivity index (χ2v) is 5.64. The largest absolute Gasteiger partial charge is 0.422 e. The molecule has 0 saturated carbocycles. The van der Waals surface area contributed by atoms with Crippen LogP contribution in [0.4, 0.5) is 17.2 Å². The fourth-order valence-corrected chi connectivity index (χ4v) is 2.67. The molecule has 0 amide bonds. The standard InChI is InChI=1S/C18H14N6O2/c19-13-7-12(9-20-10-13)11-3-1-4-14(8-11)22-16-15-5-2-6-21-17(15)24(26)18(25)23-16/h1-10,26H,19H2,(H,22,23,25). The summed E-state index contributed by atoms with van der Waals surface area (Å²) >= 11 is 0. The number of nitrogens with two attached hydrogens (primary N) is 1. The highest BCUT2D eigenvalue weighted by Crippen LogP contribution is 2.26. The fraction of sp³-hybridized carbons (Fsp3) is 0. The molecule has 0 atom stereocenters. The number of nitrogens with zero attached hydrogens (tertiary/aromatic N) is 4. The highest BCUT2D eigenvalue weighted by atomic mass is 16.5. The Morgan fingerprint density at radius 3 is 2.81 bits per heavy atom. The van der Waals surface area contributed by atoms with Gasteiger partial charge in [-0.2, -0.15) is 4.98 Å². The molecule has 0 radical (unpaired) electrons. The van der Waals surface area contributed by atoms with Crippen LogP contribution in [0.1, 0.15) is 0 Å². The molecule has 3 aromatic heterocycles. The average Bonchev–Trinajstić information content (AvgIpc) is 2.66. The van der Waals surface area contributed by atoms with Crippen molar-refractivity contribution < 1.29 is 5.21 Å². The molecule has 8 heteroatoms. The normalized spacial score (nSPS) is 10.8. The van der Waals surface area contributed by atoms with Crippen LogP contribution in [-0.4, -0.2) is 24.9 Å². The fourth-order valence-electron chi connectivity index (χ4n) is 2.67. The molecule has 4 rings (SSSR count). The molecule has 0 fully saturated rings. The van der Waals surface area contributed by atoms with Gasteiger partial charge < -0.3 is 16.3 Å². The van der Waals surface area contributed by atoms with E-state index >= 15 is 0 Å². The number of anilines is 3. The van der Waals surface area contributed by atoms with E-state index in [1.54, 1.807) is 24.5 Å². The molecule has 0 aliphatic heterocycles. The lowest BCUT2D eigenvalue weighted by atomic mass is 10.1. The maximum atomic E-state index is 11.9. The molecule has 3 heterocycles. The number of rotatable bonds is 3. The molecular formula is C18H14N6O2. The van der Waals surface area contributed by atoms with Crippen LogP contribution in [0.25, 0.3) is 22.2 Å². The van der Waals surface area contributed by atoms with Gasteiger partial charge in [-0.3, -0.25) is 4.98 Å². The van der Waals surface area contributed by atoms with Crippen molar-refractivity contribution in [1.82, 2.24) is 19.7 Å². The van der Waals surface area contributed by atoms with E-state index in [0.717, 1.165) is 16.8 Å². The van der Waals surface area contributed by atoms with Gasteiger partial charge in [0.15, 0.2) is 5.65 Å². The van der Waals surface area contributed by atoms with E-state index in [-0.39, 0.29) is 5.65 Å². The molecule has 4 aromatic rings. The Balaban J connectivity index is 1.77. The van der Waals surface area contributed by atoms with Gasteiger partial charge in [-0.05, 0) is 35.9 Å². The van der Waals surface area contributed by atoms with Gasteiger partial charge in [0, 0.05) is 29.8 Å². The molecule has 0 spiro atoms. The number of pyridine rings is 2. The molecule has 0 bridgehead atoms. The van der Waals surface area contributed by atoms with Gasteiger partial charge in [-0.1, -0.05) is 12.1 Å². The lowest BCUT2D eigenvalue weighted by Gasteiger charge is -2.11. The van der Waals surface area contributed by atoms with Crippen molar-refractivity contribution in [3.63, 3.8) is 0 Å². The number of hydrogen-bond acceptors (Lipinski definition) is 7. The summed E-state index contributed by atoms with van der Waals surface area (Å²) in [5.41, 5.74) is 8.19. The van der Waals surface area contributed by atoms with E-state index in [0.29, 0.717) is 21.6 Å². The van der Waals surface area contributed by atoms with Crippen molar-refractivity contribution in [2.45, 2.75) is 0 Å². The van der Waals surface area contributed by atoms with Gasteiger partial charge in [0.25, 0.3) is 0 Å². The zero-order valence-corrected chi connectivity index (χ0v) is 13.5. The summed E-state index contributed by atoms with van der Waals surface area (Å²) in [6.45, 7) is 0. The Morgan fingerprint density at radius 1 is 1.08 bits per heavy atom. The third kappa shape index (κ3) is 2.80. The molecule has 26 heavy (non-hydrogen) atoms. The number of aromatic nitrogens is 4. The van der Waals surface area contributed by atoms with Crippen molar-refractivity contribution in [3.8, 4) is 11.1 Å². The Kier molecular flexibility index (Phi) is 3.70. The third-order valence-corrected chi connectivity index (χ3v) is 3.85. The SMILES string of the molecule is Nc1cncc(-c2cccc(Nc3nc(=O)n(O)c4ncccc34)c2)c1. The first kappa shape index (κ1) is 15.6. The number of hydrogen-bond donors (Lipinski definition) is 3. The Hall–Kier alpha value is -3.94. The van der Waals surface area contributed by atoms with Crippen LogP contribution in [0.3, 0.4) is 0 Å². The van der Waals surface area contributed by atoms with E-state index in [4.69, 9.17) is 5.73 Å². The van der Waals surface area contributed by atoms with E-state index in [1.165, 1.54) is 6.20 Å². The van der Waals surface area contributed by atoms with Crippen LogP contribution < -0.4 is 16.7 Å². The van der Waals surface area contributed by atoms with Gasteiger partial charge >= 0.3 is 5.69 Å². The van der Waals surface area contributed by atoms with Crippen molar-refractivity contribution in [2.75, 3.05) is 11.1 Å². The second-order valence-electron chi connectivity index (χ2n) is 5.64. The summed E-state index contributed by atoms with van der Waals surface area (Å²) in [5.74, 6) is 0.311. The zero-order chi connectivity index (χ0) is 18.1. The summed E-state index contributed by atoms with van der Waals surface area (Å²) in [5, 5.41) is 13.4. The van der Waals surface area contributed by atoms with E-state index in [1.807, 2.05) is 30.3 Å². The third-order valence-electron chi connectivity index (χ3n) is 3.85. The number of nitrogen functional groups attached to an aromatic ring is 1. The maximum absolute atomic E-state index is 11.9. The van der Waals surface area contributed by atoms with Crippen molar-refractivity contribution in [1.29, 1.82) is 0 Å². The molecule has 0 unspecified atom stereocenters. The quantitative estimate of drug-likeness (QED) is 0.487. The second kappa shape index (κ2) is 6.17. The molecule has 0 aliphatic carbocycles. The highest BCUT2D eigenvalue weighted by molar-refractivity contribution is 5.88. The predicted molar refractivity (Wildman–Crippen MR) is 98.4 cm³/mol. The van der Waals surface area contributed by atoms with Crippen LogP contribution in [-0.2, 0) is 0 Å². The van der Waals surface area contributed by atoms with Gasteiger partial charge in [-0.15, -0.1) is 4.73 Å². The highest BCUT2D eigenvalue weighted by Gasteiger charge is 2.11. The van der Waals surface area contributed by atoms with Crippen LogP contribution in [0, 0.1) is 0 Å². The number of fused-ring (bicyclic) bond motifs is 1. The maximum Gasteiger partial charge on any atom is 0.384 e. The van der Waals surface area contributed by atoms with E-state index < -0.39 is 5.69 Å². The van der Waals surface area contributed by atoms with Gasteiger partial charge in [0.2, 0.25) is 0 Å². The predicted octanol–water partition coefficient (Wildman–Crippen LogP) is 2.42. The molecule has 4 N–H and O–H groups in total. The van der Waals surface area contributed by atoms with Crippen LogP contribution in [0.2, 0.25) is 0 Å². The topological polar surface area (TPSA) is 119 Å². The monoisotopic (exact) mass is 346 g/mol. The van der Waals surface area contributed by atoms with Crippen molar-refractivity contribution >= 4 is 28.2 Å². The summed E-state index contributed by atoms with van der Waals surface area (Å²) < 4.78 is 0.426. The molecule has 128 valence electrons. The number of nitrogens with one attached hydrogen (secondary N) is 1. The van der Waals surface area contributed by atoms with Gasteiger partial charge in [0.05, 0.1) is 11.1 Å². The van der Waals surface area contributed by atoms with E-state index in [2.05, 4.69) is 20.3 Å². The summed E-state index contributed by atoms with van der Waals surface area (Å²) in [6, 6.07) is 12.8. The molecule has 1 aromatic carbocycles. The minimum absolute atomic E-state index is 0.131. The first-order valence-corrected chi connectivity index (χ1v) is 7.77. The van der Waals surface area contributed by atoms with Crippen molar-refractivity contribution in [2.24, 2.45) is 0 Å². The summed E-state index contributed by atoms with van der Waals surface area (Å²) in [6.07, 6.45) is 4.80. The van der Waals surface area contributed by atoms with Crippen LogP contribution in [0.5, 0.6) is 0 Å². The number of benzene rings is 1. The molecule has 8 nitrogen and oxygen atoms in total. The lowest BCUT2D eigenvalue weighted by Crippen LogP contribution is -2.23. The molecule has 0 aliphatic rings. The average molecular weight is 346 g/mol. The van der Waals surface area contributed by atoms with Crippen LogP contribution in [0.15, 0.2) is 65.8 Å². The van der Waals surface area contributed by atoms with Gasteiger partial charge in [-0.25, -0.2) is 9.78 Å². The van der Waals surface area contributed by atoms with Crippen LogP contribution >= 0.6 is 0 Å². The first-order valence-electron chi connectivity index (χ1n) is 7.77. The smallest absolute Gasteiger partial charge is 0.384 e. The minimum Gasteiger partial charge on any atom is -0.422 e. The molecule has 0 saturated heterocycles. The summed E-state index contributed by atoms with van der Waals surface area (Å²) in [4.78, 5) is 23.9. The minimum atomic E-state index is -0.810. The Bertz CT molecular complexity index is 1170. The first-order chi connectivity index (χ1) is 12.6. The van der Waals surface area contributed by atoms with E-state index in [9.17, 15) is 10.0 Å². The van der Waals surface area contributed by atoms with Crippen molar-refractivity contribution in [3.05, 3.63) is 71.5 Å². The Morgan fingerprint density at radius 2 is 1.96 bits per heavy atom. The molecular weight excluding hydrogens is 332 g/mol. The summed E-state index contributed by atoms with van der Waals surface area (Å²) in [7, 11) is 0. The van der Waals surface area contributed by atoms with Gasteiger partial charge in [0.1, 0.15) is 5.82 Å².